The van der Waals surface area contributed by atoms with Gasteiger partial charge >= 0.3 is 0 Å². The van der Waals surface area contributed by atoms with Gasteiger partial charge in [0.15, 0.2) is 0 Å². The van der Waals surface area contributed by atoms with Crippen LogP contribution in [0.25, 0.3) is 0 Å². The summed E-state index contributed by atoms with van der Waals surface area (Å²) in [5.74, 6) is 0.111. The molecule has 0 spiro atoms. The van der Waals surface area contributed by atoms with Gasteiger partial charge in [0.2, 0.25) is 5.91 Å². The van der Waals surface area contributed by atoms with Crippen molar-refractivity contribution in [1.82, 2.24) is 0 Å². The third-order valence-electron chi connectivity index (χ3n) is 3.82. The van der Waals surface area contributed by atoms with E-state index in [-0.39, 0.29) is 30.0 Å². The molecule has 2 rings (SSSR count). The van der Waals surface area contributed by atoms with E-state index in [0.717, 1.165) is 24.9 Å². The van der Waals surface area contributed by atoms with E-state index in [0.29, 0.717) is 12.5 Å². The Balaban J connectivity index is 0.00000180. The first-order chi connectivity index (χ1) is 8.63. The van der Waals surface area contributed by atoms with E-state index in [4.69, 9.17) is 5.73 Å². The Morgan fingerprint density at radius 3 is 2.58 bits per heavy atom. The average molecular weight is 287 g/mol. The number of anilines is 1. The smallest absolute Gasteiger partial charge is 0.230 e. The minimum atomic E-state index is -0.291. The predicted molar refractivity (Wildman–Crippen MR) is 76.9 cm³/mol. The van der Waals surface area contributed by atoms with Gasteiger partial charge in [-0.15, -0.1) is 12.4 Å². The number of carbonyl (C=O) groups is 1. The summed E-state index contributed by atoms with van der Waals surface area (Å²) in [6.07, 6.45) is 3.01. The van der Waals surface area contributed by atoms with Crippen LogP contribution in [0, 0.1) is 17.7 Å². The highest BCUT2D eigenvalue weighted by Gasteiger charge is 2.33. The van der Waals surface area contributed by atoms with Gasteiger partial charge < -0.3 is 10.6 Å². The number of carbonyl (C=O) groups excluding carboxylic acids is 1. The Bertz CT molecular complexity index is 424. The highest BCUT2D eigenvalue weighted by atomic mass is 35.5. The second-order valence-electron chi connectivity index (χ2n) is 4.91. The summed E-state index contributed by atoms with van der Waals surface area (Å²) in [6, 6.07) is 5.99. The fraction of sp³-hybridized carbons (Fsp3) is 0.500. The van der Waals surface area contributed by atoms with Crippen LogP contribution in [0.5, 0.6) is 0 Å². The number of rotatable bonds is 3. The number of hydrogen-bond acceptors (Lipinski definition) is 2. The van der Waals surface area contributed by atoms with Crippen LogP contribution in [0.4, 0.5) is 10.1 Å². The van der Waals surface area contributed by atoms with Crippen LogP contribution in [0.3, 0.4) is 0 Å². The molecule has 2 atom stereocenters. The maximum absolute atomic E-state index is 12.8. The summed E-state index contributed by atoms with van der Waals surface area (Å²) in [5, 5.41) is 0. The van der Waals surface area contributed by atoms with E-state index in [1.807, 2.05) is 0 Å². The van der Waals surface area contributed by atoms with Crippen LogP contribution in [0.2, 0.25) is 0 Å². The first-order valence-electron chi connectivity index (χ1n) is 6.36. The maximum atomic E-state index is 12.8. The zero-order valence-electron chi connectivity index (χ0n) is 11.0. The monoisotopic (exact) mass is 286 g/mol. The number of nitrogens with zero attached hydrogens (tertiary/aromatic N) is 1. The van der Waals surface area contributed by atoms with Crippen molar-refractivity contribution < 1.29 is 9.18 Å². The lowest BCUT2D eigenvalue weighted by atomic mass is 9.94. The van der Waals surface area contributed by atoms with Gasteiger partial charge in [0.25, 0.3) is 0 Å². The van der Waals surface area contributed by atoms with Crippen LogP contribution in [0.15, 0.2) is 24.3 Å². The molecule has 0 heterocycles. The third kappa shape index (κ3) is 3.45. The summed E-state index contributed by atoms with van der Waals surface area (Å²) in [7, 11) is 1.74. The van der Waals surface area contributed by atoms with Crippen molar-refractivity contribution in [2.24, 2.45) is 17.6 Å². The zero-order chi connectivity index (χ0) is 13.1. The van der Waals surface area contributed by atoms with Crippen molar-refractivity contribution in [3.8, 4) is 0 Å². The number of amides is 1. The summed E-state index contributed by atoms with van der Waals surface area (Å²) >= 11 is 0. The van der Waals surface area contributed by atoms with Crippen molar-refractivity contribution in [2.45, 2.75) is 19.3 Å². The molecule has 1 saturated carbocycles. The van der Waals surface area contributed by atoms with Gasteiger partial charge in [0, 0.05) is 18.7 Å². The molecule has 1 aromatic carbocycles. The number of benzene rings is 1. The van der Waals surface area contributed by atoms with Crippen LogP contribution in [-0.2, 0) is 4.79 Å². The van der Waals surface area contributed by atoms with Gasteiger partial charge in [-0.25, -0.2) is 4.39 Å². The second kappa shape index (κ2) is 6.87. The minimum Gasteiger partial charge on any atom is -0.330 e. The van der Waals surface area contributed by atoms with E-state index >= 15 is 0 Å². The van der Waals surface area contributed by atoms with Crippen LogP contribution in [0.1, 0.15) is 19.3 Å². The molecule has 106 valence electrons. The average Bonchev–Trinajstić information content (AvgIpc) is 2.86. The molecule has 1 aliphatic carbocycles. The topological polar surface area (TPSA) is 46.3 Å². The molecule has 2 N–H and O–H groups in total. The molecule has 19 heavy (non-hydrogen) atoms. The molecule has 5 heteroatoms. The molecule has 1 aromatic rings. The van der Waals surface area contributed by atoms with Gasteiger partial charge in [0.1, 0.15) is 5.82 Å². The lowest BCUT2D eigenvalue weighted by molar-refractivity contribution is -0.123. The van der Waals surface area contributed by atoms with E-state index < -0.39 is 0 Å². The number of hydrogen-bond donors (Lipinski definition) is 1. The minimum absolute atomic E-state index is 0. The first-order valence-corrected chi connectivity index (χ1v) is 6.36. The SMILES string of the molecule is CN(C(=O)[C@@H]1CCC[C@@H]1CN)c1ccc(F)cc1.Cl. The lowest BCUT2D eigenvalue weighted by Crippen LogP contribution is -2.36. The number of halogens is 2. The summed E-state index contributed by atoms with van der Waals surface area (Å²) in [4.78, 5) is 14.0. The molecule has 1 amide bonds. The molecule has 0 unspecified atom stereocenters. The standard InChI is InChI=1S/C14H19FN2O.ClH/c1-17(12-7-5-11(15)6-8-12)14(18)13-4-2-3-10(13)9-16;/h5-8,10,13H,2-4,9,16H2,1H3;1H/t10-,13-;/m1./s1. The fourth-order valence-corrected chi connectivity index (χ4v) is 2.68. The van der Waals surface area contributed by atoms with E-state index in [9.17, 15) is 9.18 Å². The summed E-state index contributed by atoms with van der Waals surface area (Å²) in [6.45, 7) is 0.563. The molecular weight excluding hydrogens is 267 g/mol. The largest absolute Gasteiger partial charge is 0.330 e. The van der Waals surface area contributed by atoms with Gasteiger partial charge in [-0.2, -0.15) is 0 Å². The molecule has 0 aromatic heterocycles. The molecule has 3 nitrogen and oxygen atoms in total. The Hall–Kier alpha value is -1.13. The van der Waals surface area contributed by atoms with Crippen molar-refractivity contribution >= 4 is 24.0 Å². The van der Waals surface area contributed by atoms with Gasteiger partial charge in [-0.05, 0) is 49.6 Å². The molecule has 0 bridgehead atoms. The van der Waals surface area contributed by atoms with Crippen LogP contribution in [-0.4, -0.2) is 19.5 Å². The Kier molecular flexibility index (Phi) is 5.76. The quantitative estimate of drug-likeness (QED) is 0.928. The summed E-state index contributed by atoms with van der Waals surface area (Å²) in [5.41, 5.74) is 6.43. The van der Waals surface area contributed by atoms with Crippen LogP contribution >= 0.6 is 12.4 Å². The second-order valence-corrected chi connectivity index (χ2v) is 4.91. The van der Waals surface area contributed by atoms with Crippen molar-refractivity contribution in [3.05, 3.63) is 30.1 Å². The lowest BCUT2D eigenvalue weighted by Gasteiger charge is -2.24. The molecule has 0 radical (unpaired) electrons. The molecule has 1 fully saturated rings. The van der Waals surface area contributed by atoms with E-state index in [1.54, 1.807) is 24.1 Å². The zero-order valence-corrected chi connectivity index (χ0v) is 11.8. The van der Waals surface area contributed by atoms with Gasteiger partial charge in [-0.1, -0.05) is 6.42 Å². The highest BCUT2D eigenvalue weighted by molar-refractivity contribution is 5.94. The van der Waals surface area contributed by atoms with E-state index in [2.05, 4.69) is 0 Å². The Morgan fingerprint density at radius 2 is 2.00 bits per heavy atom. The fourth-order valence-electron chi connectivity index (χ4n) is 2.68. The van der Waals surface area contributed by atoms with Crippen LogP contribution < -0.4 is 10.6 Å². The molecular formula is C14H20ClFN2O. The number of nitrogens with two attached hydrogens (primary N) is 1. The van der Waals surface area contributed by atoms with Gasteiger partial charge in [-0.3, -0.25) is 4.79 Å². The normalized spacial score (nSPS) is 21.8. The molecule has 1 aliphatic rings. The Labute approximate surface area is 119 Å². The first kappa shape index (κ1) is 15.9. The van der Waals surface area contributed by atoms with Crippen molar-refractivity contribution in [1.29, 1.82) is 0 Å². The maximum Gasteiger partial charge on any atom is 0.230 e. The molecule has 0 aliphatic heterocycles. The Morgan fingerprint density at radius 1 is 1.37 bits per heavy atom. The van der Waals surface area contributed by atoms with E-state index in [1.165, 1.54) is 12.1 Å². The summed E-state index contributed by atoms with van der Waals surface area (Å²) < 4.78 is 12.8. The van der Waals surface area contributed by atoms with Crippen molar-refractivity contribution in [3.63, 3.8) is 0 Å². The predicted octanol–water partition coefficient (Wildman–Crippen LogP) is 2.59. The molecule has 0 saturated heterocycles. The van der Waals surface area contributed by atoms with Crippen molar-refractivity contribution in [2.75, 3.05) is 18.5 Å². The van der Waals surface area contributed by atoms with Gasteiger partial charge in [0.05, 0.1) is 0 Å². The highest BCUT2D eigenvalue weighted by Crippen LogP contribution is 2.33. The third-order valence-corrected chi connectivity index (χ3v) is 3.82.